The first kappa shape index (κ1) is 11.1. The molecule has 0 amide bonds. The first-order valence-corrected chi connectivity index (χ1v) is 5.72. The van der Waals surface area contributed by atoms with E-state index in [4.69, 9.17) is 5.73 Å². The predicted octanol–water partition coefficient (Wildman–Crippen LogP) is 0.363. The Kier molecular flexibility index (Phi) is 3.24. The molecule has 5 nitrogen and oxygen atoms in total. The summed E-state index contributed by atoms with van der Waals surface area (Å²) in [4.78, 5) is 18.1. The summed E-state index contributed by atoms with van der Waals surface area (Å²) >= 11 is 0. The van der Waals surface area contributed by atoms with Crippen LogP contribution in [-0.4, -0.2) is 29.7 Å². The van der Waals surface area contributed by atoms with Crippen molar-refractivity contribution < 1.29 is 0 Å². The second kappa shape index (κ2) is 4.65. The Hall–Kier alpha value is -1.36. The highest BCUT2D eigenvalue weighted by atomic mass is 16.1. The average molecular weight is 222 g/mol. The molecule has 2 N–H and O–H groups in total. The fourth-order valence-corrected chi connectivity index (χ4v) is 1.75. The lowest BCUT2D eigenvalue weighted by Crippen LogP contribution is -2.31. The number of hydrogen-bond acceptors (Lipinski definition) is 4. The van der Waals surface area contributed by atoms with Crippen molar-refractivity contribution in [1.82, 2.24) is 9.55 Å². The Morgan fingerprint density at radius 2 is 2.38 bits per heavy atom. The van der Waals surface area contributed by atoms with Gasteiger partial charge in [-0.05, 0) is 25.8 Å². The first-order valence-electron chi connectivity index (χ1n) is 5.72. The Labute approximate surface area is 94.9 Å². The summed E-state index contributed by atoms with van der Waals surface area (Å²) in [5, 5.41) is 0. The van der Waals surface area contributed by atoms with Gasteiger partial charge < -0.3 is 15.2 Å². The molecule has 0 bridgehead atoms. The monoisotopic (exact) mass is 222 g/mol. The van der Waals surface area contributed by atoms with Gasteiger partial charge in [0, 0.05) is 32.0 Å². The normalized spacial score (nSPS) is 15.1. The molecule has 1 aliphatic carbocycles. The third-order valence-corrected chi connectivity index (χ3v) is 2.85. The number of nitrogens with two attached hydrogens (primary N) is 1. The zero-order valence-corrected chi connectivity index (χ0v) is 9.59. The van der Waals surface area contributed by atoms with Crippen molar-refractivity contribution in [3.8, 4) is 0 Å². The highest BCUT2D eigenvalue weighted by Crippen LogP contribution is 2.33. The zero-order valence-electron chi connectivity index (χ0n) is 9.59. The zero-order chi connectivity index (χ0) is 11.5. The van der Waals surface area contributed by atoms with Crippen LogP contribution in [0.3, 0.4) is 0 Å². The molecule has 0 radical (unpaired) electrons. The van der Waals surface area contributed by atoms with Crippen LogP contribution in [0.1, 0.15) is 25.3 Å². The summed E-state index contributed by atoms with van der Waals surface area (Å²) < 4.78 is 1.79. The molecule has 0 atom stereocenters. The molecule has 5 heteroatoms. The van der Waals surface area contributed by atoms with Gasteiger partial charge in [0.1, 0.15) is 0 Å². The molecule has 2 rings (SSSR count). The van der Waals surface area contributed by atoms with Crippen molar-refractivity contribution in [1.29, 1.82) is 0 Å². The standard InChI is InChI=1S/C11H18N4O/c1-14(7-2-5-12)10-11(16)15(8-6-13-10)9-3-4-9/h6,8-9H,2-5,7,12H2,1H3. The van der Waals surface area contributed by atoms with Crippen LogP contribution in [0.15, 0.2) is 17.2 Å². The number of aromatic nitrogens is 2. The minimum absolute atomic E-state index is 0.0181. The van der Waals surface area contributed by atoms with Crippen molar-refractivity contribution in [2.75, 3.05) is 25.0 Å². The molecular weight excluding hydrogens is 204 g/mol. The van der Waals surface area contributed by atoms with Crippen molar-refractivity contribution in [3.63, 3.8) is 0 Å². The van der Waals surface area contributed by atoms with Crippen molar-refractivity contribution in [2.24, 2.45) is 5.73 Å². The number of rotatable bonds is 5. The van der Waals surface area contributed by atoms with Crippen LogP contribution in [0.25, 0.3) is 0 Å². The lowest BCUT2D eigenvalue weighted by molar-refractivity contribution is 0.686. The summed E-state index contributed by atoms with van der Waals surface area (Å²) in [5.41, 5.74) is 5.47. The van der Waals surface area contributed by atoms with Crippen LogP contribution in [0.2, 0.25) is 0 Å². The van der Waals surface area contributed by atoms with E-state index in [1.54, 1.807) is 17.0 Å². The second-order valence-electron chi connectivity index (χ2n) is 4.26. The molecule has 16 heavy (non-hydrogen) atoms. The van der Waals surface area contributed by atoms with Gasteiger partial charge in [0.2, 0.25) is 0 Å². The van der Waals surface area contributed by atoms with E-state index in [1.165, 1.54) is 0 Å². The van der Waals surface area contributed by atoms with E-state index < -0.39 is 0 Å². The Balaban J connectivity index is 2.20. The summed E-state index contributed by atoms with van der Waals surface area (Å²) in [6, 6.07) is 0.400. The van der Waals surface area contributed by atoms with E-state index in [0.717, 1.165) is 25.8 Å². The summed E-state index contributed by atoms with van der Waals surface area (Å²) in [6.07, 6.45) is 6.57. The van der Waals surface area contributed by atoms with E-state index in [1.807, 2.05) is 11.9 Å². The van der Waals surface area contributed by atoms with Crippen molar-refractivity contribution >= 4 is 5.82 Å². The van der Waals surface area contributed by atoms with Crippen LogP contribution < -0.4 is 16.2 Å². The predicted molar refractivity (Wildman–Crippen MR) is 63.7 cm³/mol. The van der Waals surface area contributed by atoms with E-state index in [0.29, 0.717) is 18.4 Å². The molecule has 1 aromatic rings. The van der Waals surface area contributed by atoms with Crippen LogP contribution >= 0.6 is 0 Å². The van der Waals surface area contributed by atoms with Gasteiger partial charge in [-0.1, -0.05) is 0 Å². The van der Waals surface area contributed by atoms with E-state index in [9.17, 15) is 4.79 Å². The molecule has 1 heterocycles. The van der Waals surface area contributed by atoms with E-state index in [-0.39, 0.29) is 5.56 Å². The minimum Gasteiger partial charge on any atom is -0.355 e. The third kappa shape index (κ3) is 2.24. The molecule has 88 valence electrons. The Morgan fingerprint density at radius 3 is 3.00 bits per heavy atom. The minimum atomic E-state index is 0.0181. The summed E-state index contributed by atoms with van der Waals surface area (Å²) in [7, 11) is 1.89. The largest absolute Gasteiger partial charge is 0.355 e. The average Bonchev–Trinajstić information content (AvgIpc) is 3.10. The lowest BCUT2D eigenvalue weighted by Gasteiger charge is -2.17. The smallest absolute Gasteiger partial charge is 0.293 e. The van der Waals surface area contributed by atoms with Gasteiger partial charge in [-0.2, -0.15) is 0 Å². The molecule has 1 fully saturated rings. The molecule has 0 spiro atoms. The van der Waals surface area contributed by atoms with E-state index >= 15 is 0 Å². The lowest BCUT2D eigenvalue weighted by atomic mass is 10.4. The molecular formula is C11H18N4O. The highest BCUT2D eigenvalue weighted by molar-refractivity contribution is 5.34. The van der Waals surface area contributed by atoms with Crippen LogP contribution in [0, 0.1) is 0 Å². The number of anilines is 1. The molecule has 0 aromatic carbocycles. The van der Waals surface area contributed by atoms with Gasteiger partial charge >= 0.3 is 0 Å². The molecule has 1 aromatic heterocycles. The Morgan fingerprint density at radius 1 is 1.62 bits per heavy atom. The molecule has 0 aliphatic heterocycles. The van der Waals surface area contributed by atoms with Crippen LogP contribution in [0.4, 0.5) is 5.82 Å². The fourth-order valence-electron chi connectivity index (χ4n) is 1.75. The van der Waals surface area contributed by atoms with Crippen LogP contribution in [0.5, 0.6) is 0 Å². The summed E-state index contributed by atoms with van der Waals surface area (Å²) in [6.45, 7) is 1.40. The molecule has 1 saturated carbocycles. The maximum atomic E-state index is 12.1. The number of hydrogen-bond donors (Lipinski definition) is 1. The summed E-state index contributed by atoms with van der Waals surface area (Å²) in [5.74, 6) is 0.530. The molecule has 0 unspecified atom stereocenters. The highest BCUT2D eigenvalue weighted by Gasteiger charge is 2.25. The van der Waals surface area contributed by atoms with E-state index in [2.05, 4.69) is 4.98 Å². The van der Waals surface area contributed by atoms with Gasteiger partial charge in [0.05, 0.1) is 0 Å². The maximum Gasteiger partial charge on any atom is 0.293 e. The van der Waals surface area contributed by atoms with Crippen LogP contribution in [-0.2, 0) is 0 Å². The topological polar surface area (TPSA) is 64.2 Å². The quantitative estimate of drug-likeness (QED) is 0.781. The van der Waals surface area contributed by atoms with Crippen molar-refractivity contribution in [2.45, 2.75) is 25.3 Å². The fraction of sp³-hybridized carbons (Fsp3) is 0.636. The molecule has 0 saturated heterocycles. The third-order valence-electron chi connectivity index (χ3n) is 2.85. The SMILES string of the molecule is CN(CCCN)c1nccn(C2CC2)c1=O. The van der Waals surface area contributed by atoms with Gasteiger partial charge in [-0.25, -0.2) is 4.98 Å². The Bertz CT molecular complexity index is 411. The van der Waals surface area contributed by atoms with Crippen molar-refractivity contribution in [3.05, 3.63) is 22.7 Å². The van der Waals surface area contributed by atoms with Gasteiger partial charge in [-0.15, -0.1) is 0 Å². The molecule has 1 aliphatic rings. The van der Waals surface area contributed by atoms with Gasteiger partial charge in [0.25, 0.3) is 5.56 Å². The maximum absolute atomic E-state index is 12.1. The van der Waals surface area contributed by atoms with Gasteiger partial charge in [-0.3, -0.25) is 4.79 Å². The first-order chi connectivity index (χ1) is 7.74. The number of nitrogens with zero attached hydrogens (tertiary/aromatic N) is 3. The second-order valence-corrected chi connectivity index (χ2v) is 4.26. The van der Waals surface area contributed by atoms with Gasteiger partial charge in [0.15, 0.2) is 5.82 Å².